The van der Waals surface area contributed by atoms with Crippen LogP contribution in [-0.4, -0.2) is 24.7 Å². The van der Waals surface area contributed by atoms with Crippen molar-refractivity contribution in [2.75, 3.05) is 5.73 Å². The summed E-state index contributed by atoms with van der Waals surface area (Å²) in [6.07, 6.45) is 1.48. The molecule has 16 heavy (non-hydrogen) atoms. The van der Waals surface area contributed by atoms with Crippen LogP contribution in [-0.2, 0) is 12.8 Å². The Balaban J connectivity index is 2.10. The molecule has 0 spiro atoms. The van der Waals surface area contributed by atoms with Crippen LogP contribution in [0.4, 0.5) is 5.82 Å². The van der Waals surface area contributed by atoms with E-state index in [0.29, 0.717) is 10.9 Å². The molecule has 0 aliphatic rings. The average molecular weight is 238 g/mol. The molecule has 0 saturated carbocycles. The normalized spacial score (nSPS) is 10.6. The fraction of sp³-hybridized carbons (Fsp3) is 0.250. The van der Waals surface area contributed by atoms with Crippen LogP contribution in [0.15, 0.2) is 22.3 Å². The maximum atomic E-state index is 11.1. The van der Waals surface area contributed by atoms with Crippen LogP contribution in [0.1, 0.15) is 5.82 Å². The van der Waals surface area contributed by atoms with Crippen molar-refractivity contribution in [3.05, 3.63) is 28.6 Å². The summed E-state index contributed by atoms with van der Waals surface area (Å²) in [6, 6.07) is 1.24. The Morgan fingerprint density at radius 3 is 3.06 bits per heavy atom. The number of aryl methyl sites for hydroxylation is 1. The van der Waals surface area contributed by atoms with Crippen LogP contribution in [0.25, 0.3) is 0 Å². The van der Waals surface area contributed by atoms with E-state index in [4.69, 9.17) is 5.73 Å². The Labute approximate surface area is 95.1 Å². The van der Waals surface area contributed by atoms with Gasteiger partial charge in [-0.3, -0.25) is 9.48 Å². The van der Waals surface area contributed by atoms with Crippen LogP contribution in [0, 0.1) is 0 Å². The predicted molar refractivity (Wildman–Crippen MR) is 59.8 cm³/mol. The molecule has 0 aliphatic heterocycles. The second-order valence-electron chi connectivity index (χ2n) is 3.06. The Kier molecular flexibility index (Phi) is 2.91. The molecule has 0 unspecified atom stereocenters. The quantitative estimate of drug-likeness (QED) is 0.565. The summed E-state index contributed by atoms with van der Waals surface area (Å²) >= 11 is 1.35. The minimum atomic E-state index is -0.257. The lowest BCUT2D eigenvalue weighted by molar-refractivity contribution is 0.729. The highest BCUT2D eigenvalue weighted by molar-refractivity contribution is 7.98. The lowest BCUT2D eigenvalue weighted by Gasteiger charge is -2.00. The van der Waals surface area contributed by atoms with Gasteiger partial charge in [0.25, 0.3) is 5.56 Å². The van der Waals surface area contributed by atoms with Gasteiger partial charge >= 0.3 is 0 Å². The number of nitrogens with two attached hydrogens (primary N) is 1. The molecule has 2 aromatic heterocycles. The molecule has 0 amide bonds. The number of rotatable bonds is 3. The van der Waals surface area contributed by atoms with Gasteiger partial charge in [0.05, 0.1) is 5.75 Å². The van der Waals surface area contributed by atoms with Crippen molar-refractivity contribution in [1.29, 1.82) is 0 Å². The summed E-state index contributed by atoms with van der Waals surface area (Å²) in [5.41, 5.74) is 5.20. The van der Waals surface area contributed by atoms with Gasteiger partial charge in [0.2, 0.25) is 0 Å². The zero-order valence-electron chi connectivity index (χ0n) is 8.54. The number of hydrogen-bond acceptors (Lipinski definition) is 6. The maximum absolute atomic E-state index is 11.1. The number of hydrogen-bond donors (Lipinski definition) is 2. The topological polar surface area (TPSA) is 102 Å². The van der Waals surface area contributed by atoms with Crippen LogP contribution in [0.5, 0.6) is 0 Å². The van der Waals surface area contributed by atoms with Gasteiger partial charge in [-0.2, -0.15) is 5.10 Å². The number of aromatic amines is 1. The number of thioether (sulfide) groups is 1. The first-order chi connectivity index (χ1) is 7.65. The van der Waals surface area contributed by atoms with E-state index in [1.807, 2.05) is 0 Å². The largest absolute Gasteiger partial charge is 0.383 e. The lowest BCUT2D eigenvalue weighted by atomic mass is 10.6. The number of aromatic nitrogens is 5. The molecule has 3 N–H and O–H groups in total. The smallest absolute Gasteiger partial charge is 0.253 e. The summed E-state index contributed by atoms with van der Waals surface area (Å²) in [5, 5.41) is 4.42. The summed E-state index contributed by atoms with van der Waals surface area (Å²) in [5.74, 6) is 1.59. The van der Waals surface area contributed by atoms with Gasteiger partial charge in [0, 0.05) is 13.1 Å². The lowest BCUT2D eigenvalue weighted by Crippen LogP contribution is -2.09. The van der Waals surface area contributed by atoms with E-state index >= 15 is 0 Å². The van der Waals surface area contributed by atoms with Crippen LogP contribution < -0.4 is 11.3 Å². The van der Waals surface area contributed by atoms with Crippen molar-refractivity contribution in [1.82, 2.24) is 24.7 Å². The molecule has 0 saturated heterocycles. The van der Waals surface area contributed by atoms with Gasteiger partial charge in [0.15, 0.2) is 5.16 Å². The second-order valence-corrected chi connectivity index (χ2v) is 4.03. The van der Waals surface area contributed by atoms with Crippen molar-refractivity contribution >= 4 is 17.6 Å². The van der Waals surface area contributed by atoms with E-state index in [9.17, 15) is 4.79 Å². The molecule has 0 radical (unpaired) electrons. The summed E-state index contributed by atoms with van der Waals surface area (Å²) in [7, 11) is 1.80. The number of H-pyrrole nitrogens is 1. The summed E-state index contributed by atoms with van der Waals surface area (Å²) < 4.78 is 1.66. The third kappa shape index (κ3) is 2.40. The summed E-state index contributed by atoms with van der Waals surface area (Å²) in [4.78, 5) is 21.8. The Bertz CT molecular complexity index is 547. The molecule has 0 aliphatic carbocycles. The zero-order chi connectivity index (χ0) is 11.5. The van der Waals surface area contributed by atoms with E-state index in [2.05, 4.69) is 20.1 Å². The number of anilines is 1. The molecule has 0 aromatic carbocycles. The number of nitrogens with zero attached hydrogens (tertiary/aromatic N) is 4. The third-order valence-corrected chi connectivity index (χ3v) is 2.75. The average Bonchev–Trinajstić information content (AvgIpc) is 2.59. The van der Waals surface area contributed by atoms with E-state index in [-0.39, 0.29) is 11.4 Å². The second kappa shape index (κ2) is 4.35. The van der Waals surface area contributed by atoms with E-state index in [0.717, 1.165) is 5.82 Å². The SMILES string of the molecule is Cn1ncnc1CSc1nc(N)cc(=O)[nH]1. The van der Waals surface area contributed by atoms with Crippen molar-refractivity contribution < 1.29 is 0 Å². The van der Waals surface area contributed by atoms with Crippen LogP contribution in [0.3, 0.4) is 0 Å². The molecule has 2 aromatic rings. The molecule has 0 fully saturated rings. The van der Waals surface area contributed by atoms with Crippen LogP contribution in [0.2, 0.25) is 0 Å². The molecule has 0 atom stereocenters. The van der Waals surface area contributed by atoms with Crippen molar-refractivity contribution in [2.24, 2.45) is 7.05 Å². The van der Waals surface area contributed by atoms with Gasteiger partial charge in [-0.1, -0.05) is 11.8 Å². The number of nitrogens with one attached hydrogen (secondary N) is 1. The van der Waals surface area contributed by atoms with E-state index < -0.39 is 0 Å². The highest BCUT2D eigenvalue weighted by atomic mass is 32.2. The molecule has 84 valence electrons. The first-order valence-corrected chi connectivity index (χ1v) is 5.46. The molecule has 2 rings (SSSR count). The Morgan fingerprint density at radius 1 is 1.62 bits per heavy atom. The van der Waals surface area contributed by atoms with E-state index in [1.54, 1.807) is 11.7 Å². The Morgan fingerprint density at radius 2 is 2.44 bits per heavy atom. The number of nitrogen functional groups attached to an aromatic ring is 1. The highest BCUT2D eigenvalue weighted by Crippen LogP contribution is 2.16. The van der Waals surface area contributed by atoms with Gasteiger partial charge in [-0.05, 0) is 0 Å². The monoisotopic (exact) mass is 238 g/mol. The van der Waals surface area contributed by atoms with Crippen molar-refractivity contribution in [3.63, 3.8) is 0 Å². The first-order valence-electron chi connectivity index (χ1n) is 4.47. The predicted octanol–water partition coefficient (Wildman–Crippen LogP) is -0.227. The van der Waals surface area contributed by atoms with Crippen molar-refractivity contribution in [2.45, 2.75) is 10.9 Å². The van der Waals surface area contributed by atoms with Gasteiger partial charge in [-0.25, -0.2) is 9.97 Å². The summed E-state index contributed by atoms with van der Waals surface area (Å²) in [6.45, 7) is 0. The van der Waals surface area contributed by atoms with Gasteiger partial charge < -0.3 is 10.7 Å². The van der Waals surface area contributed by atoms with Gasteiger partial charge in [0.1, 0.15) is 18.0 Å². The molecule has 2 heterocycles. The van der Waals surface area contributed by atoms with Crippen molar-refractivity contribution in [3.8, 4) is 0 Å². The molecule has 7 nitrogen and oxygen atoms in total. The fourth-order valence-electron chi connectivity index (χ4n) is 1.11. The fourth-order valence-corrected chi connectivity index (χ4v) is 1.98. The van der Waals surface area contributed by atoms with Crippen LogP contribution >= 0.6 is 11.8 Å². The Hall–Kier alpha value is -1.83. The first kappa shape index (κ1) is 10.7. The third-order valence-electron chi connectivity index (χ3n) is 1.88. The standard InChI is InChI=1S/C8H10N6OS/c1-14-6(10-4-11-14)3-16-8-12-5(9)2-7(15)13-8/h2,4H,3H2,1H3,(H3,9,12,13,15). The maximum Gasteiger partial charge on any atom is 0.253 e. The van der Waals surface area contributed by atoms with Gasteiger partial charge in [-0.15, -0.1) is 0 Å². The molecular formula is C8H10N6OS. The zero-order valence-corrected chi connectivity index (χ0v) is 9.36. The minimum Gasteiger partial charge on any atom is -0.383 e. The molecule has 0 bridgehead atoms. The van der Waals surface area contributed by atoms with E-state index in [1.165, 1.54) is 24.2 Å². The molecular weight excluding hydrogens is 228 g/mol. The molecule has 8 heteroatoms. The minimum absolute atomic E-state index is 0.212. The highest BCUT2D eigenvalue weighted by Gasteiger charge is 2.04.